The maximum Gasteiger partial charge on any atom is 0.243 e. The molecule has 1 aliphatic heterocycles. The third kappa shape index (κ3) is 2.85. The van der Waals surface area contributed by atoms with Crippen LogP contribution in [0.4, 0.5) is 17.3 Å². The molecule has 0 spiro atoms. The molecule has 3 N–H and O–H groups in total. The molecule has 2 aromatic heterocycles. The topological polar surface area (TPSA) is 96.8 Å². The fourth-order valence-electron chi connectivity index (χ4n) is 3.04. The van der Waals surface area contributed by atoms with Gasteiger partial charge in [0.1, 0.15) is 12.0 Å². The van der Waals surface area contributed by atoms with Crippen LogP contribution in [0.15, 0.2) is 36.7 Å². The van der Waals surface area contributed by atoms with Gasteiger partial charge in [-0.05, 0) is 26.0 Å². The van der Waals surface area contributed by atoms with Crippen LogP contribution in [0.5, 0.6) is 0 Å². The Hall–Kier alpha value is -3.42. The maximum absolute atomic E-state index is 11.7. The van der Waals surface area contributed by atoms with Gasteiger partial charge in [-0.1, -0.05) is 18.2 Å². The van der Waals surface area contributed by atoms with Crippen molar-refractivity contribution < 1.29 is 4.79 Å². The lowest BCUT2D eigenvalue weighted by Gasteiger charge is -2.20. The molecule has 3 heterocycles. The molecule has 8 nitrogen and oxygen atoms in total. The van der Waals surface area contributed by atoms with Crippen LogP contribution >= 0.6 is 0 Å². The summed E-state index contributed by atoms with van der Waals surface area (Å²) in [5.41, 5.74) is 4.70. The van der Waals surface area contributed by atoms with E-state index in [9.17, 15) is 4.79 Å². The van der Waals surface area contributed by atoms with Crippen molar-refractivity contribution in [2.24, 2.45) is 0 Å². The fraction of sp³-hybridized carbons (Fsp3) is 0.222. The number of aromatic nitrogens is 4. The highest BCUT2D eigenvalue weighted by Gasteiger charge is 2.20. The van der Waals surface area contributed by atoms with Gasteiger partial charge in [-0.25, -0.2) is 14.6 Å². The number of fused-ring (bicyclic) bond motifs is 1. The highest BCUT2D eigenvalue weighted by Crippen LogP contribution is 2.29. The van der Waals surface area contributed by atoms with Gasteiger partial charge in [-0.15, -0.1) is 0 Å². The second kappa shape index (κ2) is 6.47. The number of carbonyl (C=O) groups excluding carboxylic acids is 1. The lowest BCUT2D eigenvalue weighted by Crippen LogP contribution is -2.29. The van der Waals surface area contributed by atoms with E-state index >= 15 is 0 Å². The quantitative estimate of drug-likeness (QED) is 0.668. The number of aryl methyl sites for hydroxylation is 1. The zero-order valence-corrected chi connectivity index (χ0v) is 14.6. The molecular weight excluding hydrogens is 330 g/mol. The van der Waals surface area contributed by atoms with E-state index < -0.39 is 0 Å². The summed E-state index contributed by atoms with van der Waals surface area (Å²) < 4.78 is 1.94. The first-order valence-corrected chi connectivity index (χ1v) is 8.36. The summed E-state index contributed by atoms with van der Waals surface area (Å²) in [4.78, 5) is 20.1. The maximum atomic E-state index is 11.7. The van der Waals surface area contributed by atoms with Crippen LogP contribution in [0.3, 0.4) is 0 Å². The summed E-state index contributed by atoms with van der Waals surface area (Å²) >= 11 is 0. The molecule has 0 fully saturated rings. The second-order valence-electron chi connectivity index (χ2n) is 6.10. The molecule has 1 amide bonds. The summed E-state index contributed by atoms with van der Waals surface area (Å²) in [6.07, 6.45) is 1.47. The van der Waals surface area contributed by atoms with Crippen molar-refractivity contribution in [1.29, 1.82) is 0 Å². The SMILES string of the molecule is Cc1nn(-c2ccccc2)c(C)c1CNc1ncnc2c1NC(=O)CN2. The van der Waals surface area contributed by atoms with Crippen molar-refractivity contribution in [2.75, 3.05) is 22.5 Å². The van der Waals surface area contributed by atoms with E-state index in [0.717, 1.165) is 22.6 Å². The zero-order valence-electron chi connectivity index (χ0n) is 14.6. The van der Waals surface area contributed by atoms with Crippen molar-refractivity contribution >= 4 is 23.2 Å². The van der Waals surface area contributed by atoms with Crippen LogP contribution in [0.2, 0.25) is 0 Å². The number of nitrogens with zero attached hydrogens (tertiary/aromatic N) is 4. The van der Waals surface area contributed by atoms with Crippen molar-refractivity contribution in [1.82, 2.24) is 19.7 Å². The minimum Gasteiger partial charge on any atom is -0.364 e. The van der Waals surface area contributed by atoms with Gasteiger partial charge in [0.15, 0.2) is 11.6 Å². The van der Waals surface area contributed by atoms with Gasteiger partial charge in [-0.2, -0.15) is 5.10 Å². The molecule has 0 saturated heterocycles. The molecular formula is C18H19N7O. The minimum atomic E-state index is -0.111. The van der Waals surface area contributed by atoms with Crippen LogP contribution in [0.1, 0.15) is 17.0 Å². The van der Waals surface area contributed by atoms with Crippen LogP contribution in [0.25, 0.3) is 5.69 Å². The summed E-state index contributed by atoms with van der Waals surface area (Å²) in [5, 5.41) is 13.7. The zero-order chi connectivity index (χ0) is 18.1. The number of carbonyl (C=O) groups is 1. The predicted octanol–water partition coefficient (Wildman–Crippen LogP) is 2.26. The van der Waals surface area contributed by atoms with Crippen LogP contribution in [-0.2, 0) is 11.3 Å². The van der Waals surface area contributed by atoms with Gasteiger partial charge < -0.3 is 16.0 Å². The molecule has 0 atom stereocenters. The van der Waals surface area contributed by atoms with E-state index in [1.54, 1.807) is 0 Å². The van der Waals surface area contributed by atoms with Crippen LogP contribution in [-0.4, -0.2) is 32.2 Å². The summed E-state index contributed by atoms with van der Waals surface area (Å²) in [5.74, 6) is 1.09. The van der Waals surface area contributed by atoms with Gasteiger partial charge in [0.25, 0.3) is 0 Å². The molecule has 132 valence electrons. The molecule has 1 aromatic carbocycles. The molecule has 0 bridgehead atoms. The van der Waals surface area contributed by atoms with Gasteiger partial charge in [0, 0.05) is 17.8 Å². The Kier molecular flexibility index (Phi) is 4.00. The monoisotopic (exact) mass is 349 g/mol. The Balaban J connectivity index is 1.60. The first-order valence-electron chi connectivity index (χ1n) is 8.36. The highest BCUT2D eigenvalue weighted by atomic mass is 16.2. The first kappa shape index (κ1) is 16.1. The summed E-state index contributed by atoms with van der Waals surface area (Å²) in [7, 11) is 0. The molecule has 3 aromatic rings. The van der Waals surface area contributed by atoms with Crippen molar-refractivity contribution in [2.45, 2.75) is 20.4 Å². The Morgan fingerprint density at radius 2 is 2.00 bits per heavy atom. The molecule has 1 aliphatic rings. The Labute approximate surface area is 150 Å². The Morgan fingerprint density at radius 3 is 2.81 bits per heavy atom. The number of amides is 1. The van der Waals surface area contributed by atoms with Gasteiger partial charge in [0.05, 0.1) is 17.9 Å². The largest absolute Gasteiger partial charge is 0.364 e. The average molecular weight is 349 g/mol. The average Bonchev–Trinajstić information content (AvgIpc) is 2.95. The van der Waals surface area contributed by atoms with Gasteiger partial charge >= 0.3 is 0 Å². The number of benzene rings is 1. The predicted molar refractivity (Wildman–Crippen MR) is 99.5 cm³/mol. The highest BCUT2D eigenvalue weighted by molar-refractivity contribution is 6.02. The van der Waals surface area contributed by atoms with E-state index in [2.05, 4.69) is 31.0 Å². The van der Waals surface area contributed by atoms with E-state index in [1.807, 2.05) is 48.9 Å². The second-order valence-corrected chi connectivity index (χ2v) is 6.10. The van der Waals surface area contributed by atoms with E-state index in [1.165, 1.54) is 6.33 Å². The first-order chi connectivity index (χ1) is 12.6. The van der Waals surface area contributed by atoms with E-state index in [-0.39, 0.29) is 12.5 Å². The molecule has 0 unspecified atom stereocenters. The normalized spacial score (nSPS) is 12.9. The van der Waals surface area contributed by atoms with Crippen molar-refractivity contribution in [3.8, 4) is 5.69 Å². The number of rotatable bonds is 4. The molecule has 0 saturated carbocycles. The molecule has 0 radical (unpaired) electrons. The summed E-state index contributed by atoms with van der Waals surface area (Å²) in [6.45, 7) is 4.79. The number of para-hydroxylation sites is 1. The van der Waals surface area contributed by atoms with E-state index in [4.69, 9.17) is 0 Å². The minimum absolute atomic E-state index is 0.111. The van der Waals surface area contributed by atoms with Crippen molar-refractivity contribution in [3.63, 3.8) is 0 Å². The third-order valence-electron chi connectivity index (χ3n) is 4.40. The van der Waals surface area contributed by atoms with Gasteiger partial charge in [0.2, 0.25) is 5.91 Å². The fourth-order valence-corrected chi connectivity index (χ4v) is 3.04. The van der Waals surface area contributed by atoms with Crippen molar-refractivity contribution in [3.05, 3.63) is 53.6 Å². The number of hydrogen-bond donors (Lipinski definition) is 3. The van der Waals surface area contributed by atoms with E-state index in [0.29, 0.717) is 23.9 Å². The Morgan fingerprint density at radius 1 is 1.19 bits per heavy atom. The van der Waals surface area contributed by atoms with Crippen LogP contribution in [0, 0.1) is 13.8 Å². The summed E-state index contributed by atoms with van der Waals surface area (Å²) in [6, 6.07) is 10.0. The van der Waals surface area contributed by atoms with Gasteiger partial charge in [-0.3, -0.25) is 4.79 Å². The number of nitrogens with one attached hydrogen (secondary N) is 3. The smallest absolute Gasteiger partial charge is 0.243 e. The molecule has 26 heavy (non-hydrogen) atoms. The van der Waals surface area contributed by atoms with Crippen LogP contribution < -0.4 is 16.0 Å². The standard InChI is InChI=1S/C18H19N7O/c1-11-14(12(2)25(24-11)13-6-4-3-5-7-13)8-19-17-16-18(22-10-21-17)20-9-15(26)23-16/h3-7,10H,8-9H2,1-2H3,(H,23,26)(H2,19,20,21,22). The molecule has 4 rings (SSSR count). The lowest BCUT2D eigenvalue weighted by atomic mass is 10.2. The number of anilines is 3. The third-order valence-corrected chi connectivity index (χ3v) is 4.40. The number of hydrogen-bond acceptors (Lipinski definition) is 6. The molecule has 0 aliphatic carbocycles. The molecule has 8 heteroatoms. The lowest BCUT2D eigenvalue weighted by molar-refractivity contribution is -0.114. The Bertz CT molecular complexity index is 965.